The Bertz CT molecular complexity index is 436. The molecular formula is C12H17NO4S. The maximum absolute atomic E-state index is 12.1. The van der Waals surface area contributed by atoms with E-state index in [9.17, 15) is 9.00 Å². The Hall–Kier alpha value is -1.43. The smallest absolute Gasteiger partial charge is 0.306 e. The maximum atomic E-state index is 12.1. The molecule has 0 saturated heterocycles. The van der Waals surface area contributed by atoms with E-state index >= 15 is 0 Å². The summed E-state index contributed by atoms with van der Waals surface area (Å²) in [5, 5.41) is -0.262. The zero-order chi connectivity index (χ0) is 13.5. The third-order valence-electron chi connectivity index (χ3n) is 2.47. The molecule has 6 heteroatoms. The molecule has 2 unspecified atom stereocenters. The van der Waals surface area contributed by atoms with Crippen molar-refractivity contribution in [3.05, 3.63) is 23.9 Å². The van der Waals surface area contributed by atoms with Gasteiger partial charge in [-0.1, -0.05) is 13.0 Å². The molecule has 0 amide bonds. The van der Waals surface area contributed by atoms with Crippen molar-refractivity contribution in [1.29, 1.82) is 0 Å². The third kappa shape index (κ3) is 4.10. The summed E-state index contributed by atoms with van der Waals surface area (Å²) in [6, 6.07) is 3.58. The number of rotatable bonds is 6. The number of nitrogens with zero attached hydrogens (tertiary/aromatic N) is 1. The van der Waals surface area contributed by atoms with E-state index in [0.29, 0.717) is 11.6 Å². The molecule has 0 spiro atoms. The Labute approximate surface area is 109 Å². The molecule has 0 N–H and O–H groups in total. The molecule has 0 saturated carbocycles. The molecule has 0 bridgehead atoms. The van der Waals surface area contributed by atoms with Crippen LogP contribution in [-0.2, 0) is 26.1 Å². The van der Waals surface area contributed by atoms with Crippen LogP contribution in [0.1, 0.15) is 18.9 Å². The Morgan fingerprint density at radius 3 is 2.83 bits per heavy atom. The molecule has 0 aliphatic heterocycles. The third-order valence-corrected chi connectivity index (χ3v) is 4.13. The largest absolute Gasteiger partial charge is 0.481 e. The second kappa shape index (κ2) is 7.10. The van der Waals surface area contributed by atoms with Gasteiger partial charge in [-0.2, -0.15) is 0 Å². The zero-order valence-corrected chi connectivity index (χ0v) is 11.5. The Balaban J connectivity index is 2.66. The predicted molar refractivity (Wildman–Crippen MR) is 68.7 cm³/mol. The lowest BCUT2D eigenvalue weighted by molar-refractivity contribution is -0.140. The van der Waals surface area contributed by atoms with Gasteiger partial charge in [-0.3, -0.25) is 9.00 Å². The maximum Gasteiger partial charge on any atom is 0.306 e. The van der Waals surface area contributed by atoms with Crippen molar-refractivity contribution in [3.8, 4) is 5.88 Å². The van der Waals surface area contributed by atoms with Crippen LogP contribution in [0.15, 0.2) is 18.3 Å². The molecule has 100 valence electrons. The zero-order valence-electron chi connectivity index (χ0n) is 10.7. The Kier molecular flexibility index (Phi) is 5.77. The van der Waals surface area contributed by atoms with Gasteiger partial charge >= 0.3 is 5.97 Å². The van der Waals surface area contributed by atoms with E-state index < -0.39 is 10.8 Å². The molecule has 1 rings (SSSR count). The predicted octanol–water partition coefficient (Wildman–Crippen LogP) is 1.29. The second-order valence-electron chi connectivity index (χ2n) is 3.79. The highest BCUT2D eigenvalue weighted by Crippen LogP contribution is 2.18. The number of hydrogen-bond acceptors (Lipinski definition) is 5. The van der Waals surface area contributed by atoms with Crippen LogP contribution < -0.4 is 4.74 Å². The van der Waals surface area contributed by atoms with Crippen molar-refractivity contribution < 1.29 is 18.5 Å². The first kappa shape index (κ1) is 14.6. The first-order chi connectivity index (χ1) is 8.58. The van der Waals surface area contributed by atoms with E-state index in [2.05, 4.69) is 9.72 Å². The number of methoxy groups -OCH3 is 2. The molecule has 0 aliphatic carbocycles. The fourth-order valence-electron chi connectivity index (χ4n) is 1.42. The molecule has 2 atom stereocenters. The first-order valence-corrected chi connectivity index (χ1v) is 6.88. The van der Waals surface area contributed by atoms with E-state index in [4.69, 9.17) is 4.74 Å². The summed E-state index contributed by atoms with van der Waals surface area (Å²) in [6.45, 7) is 1.76. The van der Waals surface area contributed by atoms with Gasteiger partial charge in [0.05, 0.1) is 26.4 Å². The van der Waals surface area contributed by atoms with E-state index in [1.165, 1.54) is 14.2 Å². The van der Waals surface area contributed by atoms with Crippen molar-refractivity contribution in [2.24, 2.45) is 0 Å². The lowest BCUT2D eigenvalue weighted by Crippen LogP contribution is -2.18. The molecule has 0 radical (unpaired) electrons. The molecular weight excluding hydrogens is 254 g/mol. The highest BCUT2D eigenvalue weighted by molar-refractivity contribution is 7.84. The van der Waals surface area contributed by atoms with Gasteiger partial charge in [0.25, 0.3) is 0 Å². The second-order valence-corrected chi connectivity index (χ2v) is 5.64. The van der Waals surface area contributed by atoms with Crippen LogP contribution in [-0.4, -0.2) is 34.6 Å². The van der Waals surface area contributed by atoms with Crippen molar-refractivity contribution in [2.75, 3.05) is 14.2 Å². The summed E-state index contributed by atoms with van der Waals surface area (Å²) in [4.78, 5) is 15.1. The van der Waals surface area contributed by atoms with E-state index in [1.807, 2.05) is 6.07 Å². The van der Waals surface area contributed by atoms with E-state index in [0.717, 1.165) is 5.56 Å². The van der Waals surface area contributed by atoms with Crippen molar-refractivity contribution in [1.82, 2.24) is 4.98 Å². The van der Waals surface area contributed by atoms with Crippen molar-refractivity contribution >= 4 is 16.8 Å². The van der Waals surface area contributed by atoms with Crippen molar-refractivity contribution in [2.45, 2.75) is 24.3 Å². The molecule has 0 aromatic carbocycles. The fourth-order valence-corrected chi connectivity index (χ4v) is 2.56. The minimum absolute atomic E-state index is 0.145. The number of pyridine rings is 1. The standard InChI is InChI=1S/C12H17NO4S/c1-9(7-11(14)16-2)18(15)8-10-5-4-6-13-12(10)17-3/h4-6,9H,7-8H2,1-3H3. The summed E-state index contributed by atoms with van der Waals surface area (Å²) in [5.74, 6) is 0.431. The van der Waals surface area contributed by atoms with E-state index in [1.54, 1.807) is 19.2 Å². The molecule has 1 aromatic rings. The monoisotopic (exact) mass is 271 g/mol. The van der Waals surface area contributed by atoms with Gasteiger partial charge in [-0.15, -0.1) is 0 Å². The minimum atomic E-state index is -1.17. The number of carbonyl (C=O) groups is 1. The normalized spacial score (nSPS) is 13.7. The number of esters is 1. The first-order valence-electron chi connectivity index (χ1n) is 5.50. The Morgan fingerprint density at radius 2 is 2.22 bits per heavy atom. The topological polar surface area (TPSA) is 65.5 Å². The quantitative estimate of drug-likeness (QED) is 0.729. The molecule has 0 aliphatic rings. The van der Waals surface area contributed by atoms with Crippen LogP contribution in [0, 0.1) is 0 Å². The summed E-state index contributed by atoms with van der Waals surface area (Å²) >= 11 is 0. The molecule has 18 heavy (non-hydrogen) atoms. The molecule has 5 nitrogen and oxygen atoms in total. The van der Waals surface area contributed by atoms with Gasteiger partial charge in [-0.05, 0) is 6.07 Å². The minimum Gasteiger partial charge on any atom is -0.481 e. The Morgan fingerprint density at radius 1 is 1.50 bits per heavy atom. The number of hydrogen-bond donors (Lipinski definition) is 0. The molecule has 1 aromatic heterocycles. The average Bonchev–Trinajstić information content (AvgIpc) is 2.39. The summed E-state index contributed by atoms with van der Waals surface area (Å²) in [5.41, 5.74) is 0.773. The highest BCUT2D eigenvalue weighted by Gasteiger charge is 2.18. The fraction of sp³-hybridized carbons (Fsp3) is 0.500. The van der Waals surface area contributed by atoms with Crippen LogP contribution in [0.2, 0.25) is 0 Å². The van der Waals surface area contributed by atoms with Crippen molar-refractivity contribution in [3.63, 3.8) is 0 Å². The van der Waals surface area contributed by atoms with Crippen LogP contribution in [0.4, 0.5) is 0 Å². The SMILES string of the molecule is COC(=O)CC(C)S(=O)Cc1cccnc1OC. The van der Waals surface area contributed by atoms with Gasteiger partial charge in [0.1, 0.15) is 0 Å². The molecule has 1 heterocycles. The summed E-state index contributed by atoms with van der Waals surface area (Å²) < 4.78 is 21.7. The van der Waals surface area contributed by atoms with Crippen LogP contribution in [0.5, 0.6) is 5.88 Å². The van der Waals surface area contributed by atoms with Crippen LogP contribution >= 0.6 is 0 Å². The molecule has 0 fully saturated rings. The van der Waals surface area contributed by atoms with E-state index in [-0.39, 0.29) is 17.6 Å². The van der Waals surface area contributed by atoms with Gasteiger partial charge in [0.2, 0.25) is 5.88 Å². The number of ether oxygens (including phenoxy) is 2. The number of carbonyl (C=O) groups excluding carboxylic acids is 1. The summed E-state index contributed by atoms with van der Waals surface area (Å²) in [7, 11) is 1.67. The van der Waals surface area contributed by atoms with Crippen LogP contribution in [0.3, 0.4) is 0 Å². The van der Waals surface area contributed by atoms with Gasteiger partial charge in [-0.25, -0.2) is 4.98 Å². The average molecular weight is 271 g/mol. The lowest BCUT2D eigenvalue weighted by atomic mass is 10.3. The lowest BCUT2D eigenvalue weighted by Gasteiger charge is -2.11. The number of aromatic nitrogens is 1. The van der Waals surface area contributed by atoms with Gasteiger partial charge in [0, 0.05) is 27.8 Å². The van der Waals surface area contributed by atoms with Gasteiger partial charge in [0.15, 0.2) is 0 Å². The van der Waals surface area contributed by atoms with Crippen LogP contribution in [0.25, 0.3) is 0 Å². The highest BCUT2D eigenvalue weighted by atomic mass is 32.2. The van der Waals surface area contributed by atoms with Gasteiger partial charge < -0.3 is 9.47 Å². The summed E-state index contributed by atoms with van der Waals surface area (Å²) in [6.07, 6.45) is 1.76.